The summed E-state index contributed by atoms with van der Waals surface area (Å²) < 4.78 is 5.51. The number of imidazole rings is 1. The molecule has 4 heteroatoms. The van der Waals surface area contributed by atoms with Gasteiger partial charge in [0.2, 0.25) is 0 Å². The minimum Gasteiger partial charge on any atom is -0.486 e. The molecule has 0 aliphatic carbocycles. The van der Waals surface area contributed by atoms with Gasteiger partial charge in [-0.05, 0) is 31.2 Å². The molecule has 15 heavy (non-hydrogen) atoms. The second-order valence-electron chi connectivity index (χ2n) is 3.26. The Hall–Kier alpha value is -1.48. The van der Waals surface area contributed by atoms with Crippen molar-refractivity contribution in [2.45, 2.75) is 13.5 Å². The maximum absolute atomic E-state index is 5.76. The Morgan fingerprint density at radius 2 is 2.07 bits per heavy atom. The number of benzene rings is 1. The van der Waals surface area contributed by atoms with Gasteiger partial charge in [-0.2, -0.15) is 0 Å². The van der Waals surface area contributed by atoms with Crippen LogP contribution >= 0.6 is 11.6 Å². The molecule has 1 heterocycles. The summed E-state index contributed by atoms with van der Waals surface area (Å²) in [6.45, 7) is 2.40. The van der Waals surface area contributed by atoms with Crippen molar-refractivity contribution in [3.8, 4) is 5.75 Å². The van der Waals surface area contributed by atoms with Crippen LogP contribution < -0.4 is 4.74 Å². The summed E-state index contributed by atoms with van der Waals surface area (Å²) in [4.78, 5) is 7.24. The van der Waals surface area contributed by atoms with Crippen molar-refractivity contribution in [2.24, 2.45) is 0 Å². The zero-order valence-electron chi connectivity index (χ0n) is 8.33. The second-order valence-corrected chi connectivity index (χ2v) is 3.69. The summed E-state index contributed by atoms with van der Waals surface area (Å²) in [5.74, 6) is 1.61. The van der Waals surface area contributed by atoms with Crippen LogP contribution in [0.15, 0.2) is 30.5 Å². The minimum absolute atomic E-state index is 0.440. The van der Waals surface area contributed by atoms with Crippen molar-refractivity contribution >= 4 is 11.6 Å². The van der Waals surface area contributed by atoms with Gasteiger partial charge < -0.3 is 9.72 Å². The van der Waals surface area contributed by atoms with Crippen molar-refractivity contribution in [3.63, 3.8) is 0 Å². The molecular formula is C11H11ClN2O. The van der Waals surface area contributed by atoms with Crippen LogP contribution in [0.2, 0.25) is 5.02 Å². The molecule has 0 fully saturated rings. The monoisotopic (exact) mass is 222 g/mol. The lowest BCUT2D eigenvalue weighted by Crippen LogP contribution is -1.97. The maximum atomic E-state index is 5.76. The molecular weight excluding hydrogens is 212 g/mol. The van der Waals surface area contributed by atoms with Gasteiger partial charge in [-0.3, -0.25) is 0 Å². The zero-order chi connectivity index (χ0) is 10.7. The van der Waals surface area contributed by atoms with Gasteiger partial charge in [0, 0.05) is 16.9 Å². The SMILES string of the molecule is Cc1cnc(COc2ccc(Cl)cc2)[nH]1. The fourth-order valence-electron chi connectivity index (χ4n) is 1.22. The number of hydrogen-bond donors (Lipinski definition) is 1. The standard InChI is InChI=1S/C11H11ClN2O/c1-8-6-13-11(14-8)7-15-10-4-2-9(12)3-5-10/h2-6H,7H2,1H3,(H,13,14). The van der Waals surface area contributed by atoms with Gasteiger partial charge in [-0.25, -0.2) is 4.98 Å². The van der Waals surface area contributed by atoms with Gasteiger partial charge >= 0.3 is 0 Å². The Morgan fingerprint density at radius 3 is 2.67 bits per heavy atom. The summed E-state index contributed by atoms with van der Waals surface area (Å²) >= 11 is 5.76. The average Bonchev–Trinajstić information content (AvgIpc) is 2.64. The van der Waals surface area contributed by atoms with E-state index in [1.165, 1.54) is 0 Å². The number of nitrogens with one attached hydrogen (secondary N) is 1. The zero-order valence-corrected chi connectivity index (χ0v) is 9.08. The van der Waals surface area contributed by atoms with Crippen molar-refractivity contribution < 1.29 is 4.74 Å². The molecule has 0 atom stereocenters. The lowest BCUT2D eigenvalue weighted by Gasteiger charge is -2.03. The van der Waals surface area contributed by atoms with E-state index in [1.54, 1.807) is 18.3 Å². The van der Waals surface area contributed by atoms with E-state index in [2.05, 4.69) is 9.97 Å². The molecule has 0 aliphatic rings. The van der Waals surface area contributed by atoms with Gasteiger partial charge in [0.15, 0.2) is 0 Å². The van der Waals surface area contributed by atoms with Crippen molar-refractivity contribution in [3.05, 3.63) is 47.0 Å². The fourth-order valence-corrected chi connectivity index (χ4v) is 1.35. The second kappa shape index (κ2) is 4.36. The molecule has 0 saturated heterocycles. The topological polar surface area (TPSA) is 37.9 Å². The first-order valence-electron chi connectivity index (χ1n) is 4.63. The summed E-state index contributed by atoms with van der Waals surface area (Å²) in [6.07, 6.45) is 1.78. The summed E-state index contributed by atoms with van der Waals surface area (Å²) in [5.41, 5.74) is 1.03. The Kier molecular flexibility index (Phi) is 2.92. The van der Waals surface area contributed by atoms with Crippen molar-refractivity contribution in [1.29, 1.82) is 0 Å². The minimum atomic E-state index is 0.440. The van der Waals surface area contributed by atoms with Crippen LogP contribution in [-0.2, 0) is 6.61 Å². The summed E-state index contributed by atoms with van der Waals surface area (Å²) in [7, 11) is 0. The predicted molar refractivity (Wildman–Crippen MR) is 59.1 cm³/mol. The molecule has 0 saturated carbocycles. The maximum Gasteiger partial charge on any atom is 0.146 e. The number of aromatic nitrogens is 2. The van der Waals surface area contributed by atoms with Crippen LogP contribution in [0.3, 0.4) is 0 Å². The van der Waals surface area contributed by atoms with Crippen LogP contribution in [-0.4, -0.2) is 9.97 Å². The third kappa shape index (κ3) is 2.73. The molecule has 0 aliphatic heterocycles. The van der Waals surface area contributed by atoms with E-state index in [1.807, 2.05) is 19.1 Å². The molecule has 1 aromatic heterocycles. The Bertz CT molecular complexity index is 436. The largest absolute Gasteiger partial charge is 0.486 e. The van der Waals surface area contributed by atoms with Crippen LogP contribution in [0.1, 0.15) is 11.5 Å². The third-order valence-electron chi connectivity index (χ3n) is 1.94. The van der Waals surface area contributed by atoms with Crippen LogP contribution in [0.25, 0.3) is 0 Å². The lowest BCUT2D eigenvalue weighted by molar-refractivity contribution is 0.297. The van der Waals surface area contributed by atoms with E-state index in [-0.39, 0.29) is 0 Å². The van der Waals surface area contributed by atoms with Gasteiger partial charge in [-0.1, -0.05) is 11.6 Å². The smallest absolute Gasteiger partial charge is 0.146 e. The number of ether oxygens (including phenoxy) is 1. The van der Waals surface area contributed by atoms with E-state index in [9.17, 15) is 0 Å². The molecule has 3 nitrogen and oxygen atoms in total. The average molecular weight is 223 g/mol. The molecule has 2 aromatic rings. The number of halogens is 1. The van der Waals surface area contributed by atoms with E-state index in [0.29, 0.717) is 11.6 Å². The molecule has 1 aromatic carbocycles. The predicted octanol–water partition coefficient (Wildman–Crippen LogP) is 2.95. The van der Waals surface area contributed by atoms with Crippen molar-refractivity contribution in [2.75, 3.05) is 0 Å². The number of hydrogen-bond acceptors (Lipinski definition) is 2. The molecule has 2 rings (SSSR count). The number of nitrogens with zero attached hydrogens (tertiary/aromatic N) is 1. The lowest BCUT2D eigenvalue weighted by atomic mass is 10.3. The number of aromatic amines is 1. The normalized spacial score (nSPS) is 10.3. The van der Waals surface area contributed by atoms with Gasteiger partial charge in [0.05, 0.1) is 0 Å². The first kappa shape index (κ1) is 10.1. The van der Waals surface area contributed by atoms with Gasteiger partial charge in [-0.15, -0.1) is 0 Å². The van der Waals surface area contributed by atoms with Crippen molar-refractivity contribution in [1.82, 2.24) is 9.97 Å². The van der Waals surface area contributed by atoms with E-state index < -0.39 is 0 Å². The highest BCUT2D eigenvalue weighted by Crippen LogP contribution is 2.16. The highest BCUT2D eigenvalue weighted by Gasteiger charge is 1.98. The first-order valence-corrected chi connectivity index (χ1v) is 5.01. The Labute approximate surface area is 93.1 Å². The highest BCUT2D eigenvalue weighted by molar-refractivity contribution is 6.30. The fraction of sp³-hybridized carbons (Fsp3) is 0.182. The van der Waals surface area contributed by atoms with Crippen LogP contribution in [0, 0.1) is 6.92 Å². The van der Waals surface area contributed by atoms with E-state index in [4.69, 9.17) is 16.3 Å². The summed E-state index contributed by atoms with van der Waals surface area (Å²) in [5, 5.41) is 0.705. The number of rotatable bonds is 3. The Morgan fingerprint density at radius 1 is 1.33 bits per heavy atom. The number of aryl methyl sites for hydroxylation is 1. The van der Waals surface area contributed by atoms with Crippen LogP contribution in [0.4, 0.5) is 0 Å². The molecule has 1 N–H and O–H groups in total. The van der Waals surface area contributed by atoms with E-state index in [0.717, 1.165) is 17.3 Å². The summed E-state index contributed by atoms with van der Waals surface area (Å²) in [6, 6.07) is 7.25. The molecule has 78 valence electrons. The molecule has 0 spiro atoms. The Balaban J connectivity index is 1.96. The molecule has 0 bridgehead atoms. The van der Waals surface area contributed by atoms with Gasteiger partial charge in [0.1, 0.15) is 18.2 Å². The molecule has 0 amide bonds. The molecule has 0 radical (unpaired) electrons. The highest BCUT2D eigenvalue weighted by atomic mass is 35.5. The first-order chi connectivity index (χ1) is 7.24. The molecule has 0 unspecified atom stereocenters. The van der Waals surface area contributed by atoms with Gasteiger partial charge in [0.25, 0.3) is 0 Å². The van der Waals surface area contributed by atoms with E-state index >= 15 is 0 Å². The quantitative estimate of drug-likeness (QED) is 0.867. The number of H-pyrrole nitrogens is 1. The van der Waals surface area contributed by atoms with Crippen LogP contribution in [0.5, 0.6) is 5.75 Å². The third-order valence-corrected chi connectivity index (χ3v) is 2.20.